The lowest BCUT2D eigenvalue weighted by atomic mass is 10.1. The summed E-state index contributed by atoms with van der Waals surface area (Å²) < 4.78 is 15.1. The number of carbonyl (C=O) groups is 2. The highest BCUT2D eigenvalue weighted by Gasteiger charge is 2.12. The maximum Gasteiger partial charge on any atom is 0.337 e. The number of hydrogen-bond acceptors (Lipinski definition) is 7. The zero-order chi connectivity index (χ0) is 21.2. The van der Waals surface area contributed by atoms with Crippen LogP contribution in [0, 0.1) is 22.7 Å². The molecule has 1 amide bonds. The van der Waals surface area contributed by atoms with E-state index in [0.717, 1.165) is 0 Å². The Morgan fingerprint density at radius 2 is 1.79 bits per heavy atom. The Hall–Kier alpha value is -4.30. The highest BCUT2D eigenvalue weighted by Crippen LogP contribution is 2.29. The standard InChI is InChI=1S/C21H17N3O5/c1-27-19-12-14(3-8-18(19)29-10-9-22)11-16(13-23)20(25)24-17-6-4-15(5-7-17)21(26)28-2/h3-8,11-12H,10H2,1-2H3,(H,24,25)/b16-11+. The van der Waals surface area contributed by atoms with Crippen molar-refractivity contribution < 1.29 is 23.8 Å². The molecule has 0 atom stereocenters. The van der Waals surface area contributed by atoms with Gasteiger partial charge in [0.15, 0.2) is 18.1 Å². The zero-order valence-corrected chi connectivity index (χ0v) is 15.8. The van der Waals surface area contributed by atoms with Gasteiger partial charge >= 0.3 is 5.97 Å². The van der Waals surface area contributed by atoms with Crippen molar-refractivity contribution in [2.75, 3.05) is 26.1 Å². The number of nitrogens with one attached hydrogen (secondary N) is 1. The Balaban J connectivity index is 2.18. The summed E-state index contributed by atoms with van der Waals surface area (Å²) in [5.74, 6) is -0.358. The first kappa shape index (κ1) is 21.0. The molecule has 0 unspecified atom stereocenters. The molecule has 0 saturated heterocycles. The summed E-state index contributed by atoms with van der Waals surface area (Å²) in [6.45, 7) is -0.133. The molecule has 0 saturated carbocycles. The van der Waals surface area contributed by atoms with E-state index < -0.39 is 11.9 Å². The first-order valence-electron chi connectivity index (χ1n) is 8.31. The maximum atomic E-state index is 12.4. The number of methoxy groups -OCH3 is 2. The number of nitrogens with zero attached hydrogens (tertiary/aromatic N) is 2. The van der Waals surface area contributed by atoms with Gasteiger partial charge in [-0.1, -0.05) is 6.07 Å². The van der Waals surface area contributed by atoms with Crippen molar-refractivity contribution in [3.63, 3.8) is 0 Å². The van der Waals surface area contributed by atoms with E-state index in [2.05, 4.69) is 10.1 Å². The number of rotatable bonds is 7. The molecule has 0 fully saturated rings. The molecular formula is C21H17N3O5. The van der Waals surface area contributed by atoms with E-state index in [1.807, 2.05) is 12.1 Å². The van der Waals surface area contributed by atoms with Gasteiger partial charge in [0.1, 0.15) is 17.7 Å². The number of ether oxygens (including phenoxy) is 3. The summed E-state index contributed by atoms with van der Waals surface area (Å²) in [6, 6.07) is 14.6. The second-order valence-corrected chi connectivity index (χ2v) is 5.55. The average molecular weight is 391 g/mol. The van der Waals surface area contributed by atoms with E-state index in [1.165, 1.54) is 44.6 Å². The van der Waals surface area contributed by atoms with Crippen LogP contribution in [0.15, 0.2) is 48.0 Å². The van der Waals surface area contributed by atoms with E-state index in [1.54, 1.807) is 18.2 Å². The van der Waals surface area contributed by atoms with Gasteiger partial charge in [-0.3, -0.25) is 4.79 Å². The third-order valence-corrected chi connectivity index (χ3v) is 3.72. The lowest BCUT2D eigenvalue weighted by molar-refractivity contribution is -0.112. The van der Waals surface area contributed by atoms with Gasteiger partial charge in [-0.25, -0.2) is 4.79 Å². The van der Waals surface area contributed by atoms with Gasteiger partial charge in [-0.05, 0) is 48.0 Å². The third-order valence-electron chi connectivity index (χ3n) is 3.72. The van der Waals surface area contributed by atoms with E-state index >= 15 is 0 Å². The minimum absolute atomic E-state index is 0.130. The highest BCUT2D eigenvalue weighted by molar-refractivity contribution is 6.09. The molecule has 8 heteroatoms. The average Bonchev–Trinajstić information content (AvgIpc) is 2.76. The van der Waals surface area contributed by atoms with Crippen LogP contribution >= 0.6 is 0 Å². The maximum absolute atomic E-state index is 12.4. The molecule has 2 rings (SSSR count). The highest BCUT2D eigenvalue weighted by atomic mass is 16.5. The first-order valence-corrected chi connectivity index (χ1v) is 8.31. The van der Waals surface area contributed by atoms with Crippen LogP contribution in [0.3, 0.4) is 0 Å². The number of nitriles is 2. The van der Waals surface area contributed by atoms with Crippen LogP contribution in [0.5, 0.6) is 11.5 Å². The van der Waals surface area contributed by atoms with Crippen molar-refractivity contribution in [3.05, 3.63) is 59.2 Å². The smallest absolute Gasteiger partial charge is 0.337 e. The second-order valence-electron chi connectivity index (χ2n) is 5.55. The summed E-state index contributed by atoms with van der Waals surface area (Å²) in [5, 5.41) is 20.5. The Bertz CT molecular complexity index is 1010. The van der Waals surface area contributed by atoms with Gasteiger partial charge < -0.3 is 19.5 Å². The molecule has 8 nitrogen and oxygen atoms in total. The van der Waals surface area contributed by atoms with Crippen LogP contribution in [0.1, 0.15) is 15.9 Å². The number of carbonyl (C=O) groups excluding carboxylic acids is 2. The Morgan fingerprint density at radius 3 is 2.38 bits per heavy atom. The molecular weight excluding hydrogens is 374 g/mol. The molecule has 0 aliphatic carbocycles. The second kappa shape index (κ2) is 10.1. The molecule has 2 aromatic carbocycles. The minimum atomic E-state index is -0.609. The molecule has 0 aliphatic heterocycles. The summed E-state index contributed by atoms with van der Waals surface area (Å²) in [7, 11) is 2.72. The molecule has 0 aliphatic rings. The van der Waals surface area contributed by atoms with Gasteiger partial charge in [-0.15, -0.1) is 0 Å². The van der Waals surface area contributed by atoms with Crippen LogP contribution < -0.4 is 14.8 Å². The summed E-state index contributed by atoms with van der Waals surface area (Å²) in [4.78, 5) is 23.8. The topological polar surface area (TPSA) is 121 Å². The van der Waals surface area contributed by atoms with E-state index in [9.17, 15) is 14.9 Å². The number of esters is 1. The molecule has 0 bridgehead atoms. The van der Waals surface area contributed by atoms with E-state index in [0.29, 0.717) is 28.3 Å². The predicted octanol–water partition coefficient (Wildman–Crippen LogP) is 2.93. The monoisotopic (exact) mass is 391 g/mol. The zero-order valence-electron chi connectivity index (χ0n) is 15.8. The summed E-state index contributed by atoms with van der Waals surface area (Å²) in [5.41, 5.74) is 1.17. The number of amides is 1. The van der Waals surface area contributed by atoms with Gasteiger partial charge in [0.2, 0.25) is 0 Å². The SMILES string of the molecule is COC(=O)c1ccc(NC(=O)/C(C#N)=C/c2ccc(OCC#N)c(OC)c2)cc1. The quantitative estimate of drug-likeness (QED) is 0.437. The van der Waals surface area contributed by atoms with Crippen molar-refractivity contribution in [2.45, 2.75) is 0 Å². The molecule has 0 aromatic heterocycles. The van der Waals surface area contributed by atoms with Crippen LogP contribution in [0.2, 0.25) is 0 Å². The first-order chi connectivity index (χ1) is 14.0. The Kier molecular flexibility index (Phi) is 7.35. The minimum Gasteiger partial charge on any atom is -0.493 e. The Labute approximate surface area is 167 Å². The molecule has 146 valence electrons. The van der Waals surface area contributed by atoms with E-state index in [4.69, 9.17) is 14.7 Å². The van der Waals surface area contributed by atoms with Gasteiger partial charge in [-0.2, -0.15) is 10.5 Å². The predicted molar refractivity (Wildman–Crippen MR) is 104 cm³/mol. The largest absolute Gasteiger partial charge is 0.493 e. The molecule has 0 spiro atoms. The van der Waals surface area contributed by atoms with Crippen molar-refractivity contribution in [1.29, 1.82) is 10.5 Å². The van der Waals surface area contributed by atoms with Gasteiger partial charge in [0.25, 0.3) is 5.91 Å². The molecule has 0 heterocycles. The lowest BCUT2D eigenvalue weighted by Gasteiger charge is -2.09. The molecule has 1 N–H and O–H groups in total. The van der Waals surface area contributed by atoms with Crippen molar-refractivity contribution in [1.82, 2.24) is 0 Å². The fourth-order valence-electron chi connectivity index (χ4n) is 2.32. The fourth-order valence-corrected chi connectivity index (χ4v) is 2.32. The van der Waals surface area contributed by atoms with Crippen LogP contribution in [0.4, 0.5) is 5.69 Å². The van der Waals surface area contributed by atoms with Crippen LogP contribution in [0.25, 0.3) is 6.08 Å². The number of anilines is 1. The number of hydrogen-bond donors (Lipinski definition) is 1. The third kappa shape index (κ3) is 5.59. The Morgan fingerprint density at radius 1 is 1.07 bits per heavy atom. The lowest BCUT2D eigenvalue weighted by Crippen LogP contribution is -2.13. The summed E-state index contributed by atoms with van der Waals surface area (Å²) >= 11 is 0. The van der Waals surface area contributed by atoms with Crippen molar-refractivity contribution in [3.8, 4) is 23.6 Å². The van der Waals surface area contributed by atoms with Gasteiger partial charge in [0, 0.05) is 5.69 Å². The van der Waals surface area contributed by atoms with Gasteiger partial charge in [0.05, 0.1) is 19.8 Å². The normalized spacial score (nSPS) is 10.3. The molecule has 2 aromatic rings. The van der Waals surface area contributed by atoms with Crippen molar-refractivity contribution in [2.24, 2.45) is 0 Å². The molecule has 29 heavy (non-hydrogen) atoms. The van der Waals surface area contributed by atoms with E-state index in [-0.39, 0.29) is 12.2 Å². The van der Waals surface area contributed by atoms with Crippen molar-refractivity contribution >= 4 is 23.6 Å². The van der Waals surface area contributed by atoms with Crippen LogP contribution in [-0.4, -0.2) is 32.7 Å². The fraction of sp³-hybridized carbons (Fsp3) is 0.143. The summed E-state index contributed by atoms with van der Waals surface area (Å²) in [6.07, 6.45) is 1.40. The molecule has 0 radical (unpaired) electrons. The van der Waals surface area contributed by atoms with Crippen LogP contribution in [-0.2, 0) is 9.53 Å². The number of benzene rings is 2.